The Hall–Kier alpha value is -2.12. The predicted octanol–water partition coefficient (Wildman–Crippen LogP) is 2.04. The van der Waals surface area contributed by atoms with Gasteiger partial charge >= 0.3 is 23.9 Å². The van der Waals surface area contributed by atoms with Crippen molar-refractivity contribution in [3.05, 3.63) is 0 Å². The van der Waals surface area contributed by atoms with E-state index in [9.17, 15) is 19.2 Å². The minimum absolute atomic E-state index is 0.113. The number of ether oxygens (including phenoxy) is 3. The molecule has 0 spiro atoms. The summed E-state index contributed by atoms with van der Waals surface area (Å²) in [5, 5.41) is 8.70. The molecule has 8 nitrogen and oxygen atoms in total. The Bertz CT molecular complexity index is 445. The summed E-state index contributed by atoms with van der Waals surface area (Å²) in [7, 11) is 0. The summed E-state index contributed by atoms with van der Waals surface area (Å²) in [5.74, 6) is -3.49. The van der Waals surface area contributed by atoms with Gasteiger partial charge in [0.15, 0.2) is 0 Å². The van der Waals surface area contributed by atoms with E-state index in [1.807, 2.05) is 0 Å². The first-order valence-electron chi connectivity index (χ1n) is 8.02. The van der Waals surface area contributed by atoms with Gasteiger partial charge in [-0.15, -0.1) is 0 Å². The summed E-state index contributed by atoms with van der Waals surface area (Å²) in [6.07, 6.45) is -1.24. The van der Waals surface area contributed by atoms with Crippen LogP contribution in [0.3, 0.4) is 0 Å². The number of hydrogen-bond donors (Lipinski definition) is 1. The maximum absolute atomic E-state index is 12.3. The summed E-state index contributed by atoms with van der Waals surface area (Å²) >= 11 is 0. The van der Waals surface area contributed by atoms with Crippen molar-refractivity contribution in [2.24, 2.45) is 5.92 Å². The Morgan fingerprint density at radius 3 is 1.96 bits per heavy atom. The molecule has 0 aliphatic carbocycles. The third kappa shape index (κ3) is 9.12. The molecule has 0 aliphatic heterocycles. The minimum atomic E-state index is -1.07. The molecule has 0 aromatic rings. The minimum Gasteiger partial charge on any atom is -0.481 e. The van der Waals surface area contributed by atoms with Crippen LogP contribution >= 0.6 is 0 Å². The first-order chi connectivity index (χ1) is 11.2. The molecule has 8 heteroatoms. The van der Waals surface area contributed by atoms with E-state index >= 15 is 0 Å². The molecule has 0 bridgehead atoms. The maximum Gasteiger partial charge on any atom is 0.315 e. The van der Waals surface area contributed by atoms with Gasteiger partial charge in [0.2, 0.25) is 6.29 Å². The molecular weight excluding hydrogens is 320 g/mol. The molecule has 138 valence electrons. The summed E-state index contributed by atoms with van der Waals surface area (Å²) in [6.45, 7) is 6.18. The molecule has 0 fully saturated rings. The fourth-order valence-electron chi connectivity index (χ4n) is 1.93. The number of aliphatic carboxylic acids is 1. The average molecular weight is 346 g/mol. The van der Waals surface area contributed by atoms with E-state index in [1.54, 1.807) is 20.8 Å². The van der Waals surface area contributed by atoms with E-state index in [4.69, 9.17) is 19.3 Å². The van der Waals surface area contributed by atoms with E-state index in [-0.39, 0.29) is 32.1 Å². The van der Waals surface area contributed by atoms with Crippen LogP contribution in [-0.4, -0.2) is 41.4 Å². The van der Waals surface area contributed by atoms with Crippen LogP contribution in [0.25, 0.3) is 0 Å². The highest BCUT2D eigenvalue weighted by Gasteiger charge is 2.30. The molecule has 24 heavy (non-hydrogen) atoms. The first kappa shape index (κ1) is 21.9. The number of carbonyl (C=O) groups is 4. The van der Waals surface area contributed by atoms with Gasteiger partial charge in [-0.3, -0.25) is 19.2 Å². The lowest BCUT2D eigenvalue weighted by Crippen LogP contribution is -2.34. The highest BCUT2D eigenvalue weighted by molar-refractivity contribution is 5.75. The van der Waals surface area contributed by atoms with Crippen LogP contribution in [-0.2, 0) is 33.4 Å². The predicted molar refractivity (Wildman–Crippen MR) is 82.8 cm³/mol. The monoisotopic (exact) mass is 346 g/mol. The van der Waals surface area contributed by atoms with Crippen molar-refractivity contribution >= 4 is 23.9 Å². The van der Waals surface area contributed by atoms with Gasteiger partial charge in [0, 0.05) is 26.2 Å². The molecule has 1 N–H and O–H groups in total. The fourth-order valence-corrected chi connectivity index (χ4v) is 1.93. The van der Waals surface area contributed by atoms with E-state index in [0.717, 1.165) is 0 Å². The van der Waals surface area contributed by atoms with Gasteiger partial charge in [-0.05, 0) is 19.8 Å². The van der Waals surface area contributed by atoms with Crippen molar-refractivity contribution in [3.63, 3.8) is 0 Å². The molecule has 0 saturated carbocycles. The fraction of sp³-hybridized carbons (Fsp3) is 0.750. The molecule has 3 atom stereocenters. The Morgan fingerprint density at radius 2 is 1.46 bits per heavy atom. The van der Waals surface area contributed by atoms with E-state index in [2.05, 4.69) is 0 Å². The lowest BCUT2D eigenvalue weighted by molar-refractivity contribution is -0.190. The van der Waals surface area contributed by atoms with Crippen LogP contribution in [0.4, 0.5) is 0 Å². The molecule has 0 aromatic carbocycles. The van der Waals surface area contributed by atoms with Crippen molar-refractivity contribution in [3.8, 4) is 0 Å². The zero-order valence-corrected chi connectivity index (χ0v) is 14.6. The normalized spacial score (nSPS) is 14.2. The van der Waals surface area contributed by atoms with Crippen LogP contribution in [0.5, 0.6) is 0 Å². The molecule has 0 radical (unpaired) electrons. The topological polar surface area (TPSA) is 116 Å². The van der Waals surface area contributed by atoms with Gasteiger partial charge in [0.05, 0.1) is 5.92 Å². The summed E-state index contributed by atoms with van der Waals surface area (Å²) in [6, 6.07) is 0. The molecule has 0 rings (SSSR count). The molecule has 0 aromatic heterocycles. The lowest BCUT2D eigenvalue weighted by Gasteiger charge is -2.24. The SMILES string of the molecule is CCC(=O)OC(C)OC(=O)C(CCCC(=O)O)C(C)OC(=O)CC. The van der Waals surface area contributed by atoms with Crippen LogP contribution in [0.1, 0.15) is 59.8 Å². The van der Waals surface area contributed by atoms with Gasteiger partial charge in [0.1, 0.15) is 6.10 Å². The van der Waals surface area contributed by atoms with E-state index < -0.39 is 42.2 Å². The van der Waals surface area contributed by atoms with Crippen molar-refractivity contribution in [1.82, 2.24) is 0 Å². The number of carboxylic acids is 1. The van der Waals surface area contributed by atoms with Crippen molar-refractivity contribution < 1.29 is 38.5 Å². The molecule has 0 heterocycles. The Balaban J connectivity index is 4.80. The van der Waals surface area contributed by atoms with Crippen molar-refractivity contribution in [2.75, 3.05) is 0 Å². The van der Waals surface area contributed by atoms with Crippen LogP contribution in [0.15, 0.2) is 0 Å². The highest BCUT2D eigenvalue weighted by Crippen LogP contribution is 2.19. The third-order valence-corrected chi connectivity index (χ3v) is 3.25. The maximum atomic E-state index is 12.3. The standard InChI is InChI=1S/C16H26O8/c1-5-14(19)22-10(3)12(8-7-9-13(17)18)16(21)24-11(4)23-15(20)6-2/h10-12H,5-9H2,1-4H3,(H,17,18). The second-order valence-electron chi connectivity index (χ2n) is 5.29. The number of rotatable bonds is 11. The van der Waals surface area contributed by atoms with Gasteiger partial charge in [-0.25, -0.2) is 0 Å². The molecule has 0 saturated heterocycles. The number of carboxylic acid groups (broad SMARTS) is 1. The van der Waals surface area contributed by atoms with Gasteiger partial charge < -0.3 is 19.3 Å². The number of esters is 3. The van der Waals surface area contributed by atoms with E-state index in [0.29, 0.717) is 0 Å². The molecule has 0 amide bonds. The summed E-state index contributed by atoms with van der Waals surface area (Å²) in [5.41, 5.74) is 0. The molecule has 3 unspecified atom stereocenters. The lowest BCUT2D eigenvalue weighted by atomic mass is 9.96. The smallest absolute Gasteiger partial charge is 0.315 e. The van der Waals surface area contributed by atoms with Crippen molar-refractivity contribution in [1.29, 1.82) is 0 Å². The van der Waals surface area contributed by atoms with Crippen LogP contribution in [0, 0.1) is 5.92 Å². The second kappa shape index (κ2) is 11.4. The van der Waals surface area contributed by atoms with Gasteiger partial charge in [0.25, 0.3) is 0 Å². The van der Waals surface area contributed by atoms with Gasteiger partial charge in [-0.2, -0.15) is 0 Å². The summed E-state index contributed by atoms with van der Waals surface area (Å²) in [4.78, 5) is 45.5. The Labute approximate surface area is 141 Å². The average Bonchev–Trinajstić information content (AvgIpc) is 2.50. The van der Waals surface area contributed by atoms with Crippen molar-refractivity contribution in [2.45, 2.75) is 72.2 Å². The Morgan fingerprint density at radius 1 is 0.917 bits per heavy atom. The zero-order valence-electron chi connectivity index (χ0n) is 14.6. The molecule has 0 aliphatic rings. The van der Waals surface area contributed by atoms with Crippen LogP contribution < -0.4 is 0 Å². The Kier molecular flexibility index (Phi) is 10.4. The number of hydrogen-bond acceptors (Lipinski definition) is 7. The molecular formula is C16H26O8. The van der Waals surface area contributed by atoms with Gasteiger partial charge in [-0.1, -0.05) is 13.8 Å². The number of carbonyl (C=O) groups excluding carboxylic acids is 3. The quantitative estimate of drug-likeness (QED) is 0.446. The second-order valence-corrected chi connectivity index (χ2v) is 5.29. The first-order valence-corrected chi connectivity index (χ1v) is 8.02. The van der Waals surface area contributed by atoms with Crippen LogP contribution in [0.2, 0.25) is 0 Å². The third-order valence-electron chi connectivity index (χ3n) is 3.25. The largest absolute Gasteiger partial charge is 0.481 e. The zero-order chi connectivity index (χ0) is 18.7. The summed E-state index contributed by atoms with van der Waals surface area (Å²) < 4.78 is 15.0. The highest BCUT2D eigenvalue weighted by atomic mass is 16.7. The van der Waals surface area contributed by atoms with E-state index in [1.165, 1.54) is 6.92 Å².